The van der Waals surface area contributed by atoms with Gasteiger partial charge in [-0.1, -0.05) is 103 Å². The Morgan fingerprint density at radius 2 is 1.53 bits per heavy atom. The fourth-order valence-electron chi connectivity index (χ4n) is 3.80. The highest BCUT2D eigenvalue weighted by Crippen LogP contribution is 2.28. The van der Waals surface area contributed by atoms with E-state index < -0.39 is 6.04 Å². The van der Waals surface area contributed by atoms with Gasteiger partial charge in [0.15, 0.2) is 0 Å². The van der Waals surface area contributed by atoms with E-state index in [0.29, 0.717) is 44.4 Å². The summed E-state index contributed by atoms with van der Waals surface area (Å²) in [6.45, 7) is 4.67. The van der Waals surface area contributed by atoms with Crippen molar-refractivity contribution in [1.82, 2.24) is 10.2 Å². The lowest BCUT2D eigenvalue weighted by atomic mass is 10.0. The van der Waals surface area contributed by atoms with Crippen molar-refractivity contribution in [3.8, 4) is 0 Å². The van der Waals surface area contributed by atoms with Crippen LogP contribution in [0.1, 0.15) is 30.5 Å². The summed E-state index contributed by atoms with van der Waals surface area (Å²) in [6.07, 6.45) is 0.357. The van der Waals surface area contributed by atoms with Gasteiger partial charge in [0, 0.05) is 40.9 Å². The standard InChI is InChI=1S/C29H30Cl4N2O2S/c1-19(2)15-34-29(37)27(14-20-7-4-3-5-8-20)35(16-22-23(30)9-6-10-24(22)31)28(36)18-38-17-21-11-12-25(32)26(33)13-21/h3-13,19,27H,14-18H2,1-2H3,(H,34,37). The predicted molar refractivity (Wildman–Crippen MR) is 161 cm³/mol. The number of carbonyl (C=O) groups excluding carboxylic acids is 2. The zero-order chi connectivity index (χ0) is 27.7. The number of rotatable bonds is 12. The van der Waals surface area contributed by atoms with Crippen LogP contribution >= 0.6 is 58.2 Å². The van der Waals surface area contributed by atoms with Gasteiger partial charge < -0.3 is 10.2 Å². The highest BCUT2D eigenvalue weighted by molar-refractivity contribution is 7.99. The normalized spacial score (nSPS) is 11.9. The summed E-state index contributed by atoms with van der Waals surface area (Å²) in [5, 5.41) is 4.85. The molecule has 1 unspecified atom stereocenters. The number of hydrogen-bond acceptors (Lipinski definition) is 3. The molecule has 0 aliphatic heterocycles. The minimum Gasteiger partial charge on any atom is -0.354 e. The number of hydrogen-bond donors (Lipinski definition) is 1. The number of amides is 2. The molecule has 3 aromatic carbocycles. The van der Waals surface area contributed by atoms with E-state index in [1.165, 1.54) is 11.8 Å². The quantitative estimate of drug-likeness (QED) is 0.226. The molecule has 38 heavy (non-hydrogen) atoms. The monoisotopic (exact) mass is 610 g/mol. The van der Waals surface area contributed by atoms with Gasteiger partial charge in [0.05, 0.1) is 15.8 Å². The molecule has 202 valence electrons. The van der Waals surface area contributed by atoms with E-state index in [1.54, 1.807) is 35.2 Å². The first kappa shape index (κ1) is 30.6. The van der Waals surface area contributed by atoms with Gasteiger partial charge in [-0.05, 0) is 41.3 Å². The second-order valence-corrected chi connectivity index (χ2v) is 11.9. The van der Waals surface area contributed by atoms with Crippen LogP contribution in [0.5, 0.6) is 0 Å². The first-order valence-corrected chi connectivity index (χ1v) is 14.9. The second-order valence-electron chi connectivity index (χ2n) is 9.31. The van der Waals surface area contributed by atoms with E-state index in [1.807, 2.05) is 50.2 Å². The SMILES string of the molecule is CC(C)CNC(=O)C(Cc1ccccc1)N(Cc1c(Cl)cccc1Cl)C(=O)CSCc1ccc(Cl)c(Cl)c1. The largest absolute Gasteiger partial charge is 0.354 e. The van der Waals surface area contributed by atoms with Crippen molar-refractivity contribution in [3.05, 3.63) is 104 Å². The average Bonchev–Trinajstić information content (AvgIpc) is 2.88. The van der Waals surface area contributed by atoms with Gasteiger partial charge in [-0.2, -0.15) is 0 Å². The Morgan fingerprint density at radius 3 is 2.16 bits per heavy atom. The Balaban J connectivity index is 1.89. The van der Waals surface area contributed by atoms with Crippen molar-refractivity contribution >= 4 is 70.0 Å². The average molecular weight is 612 g/mol. The molecular formula is C29H30Cl4N2O2S. The molecule has 9 heteroatoms. The van der Waals surface area contributed by atoms with Crippen LogP contribution in [-0.4, -0.2) is 35.1 Å². The molecule has 0 saturated carbocycles. The van der Waals surface area contributed by atoms with Crippen molar-refractivity contribution in [2.24, 2.45) is 5.92 Å². The number of nitrogens with zero attached hydrogens (tertiary/aromatic N) is 1. The minimum atomic E-state index is -0.749. The number of nitrogens with one attached hydrogen (secondary N) is 1. The fraction of sp³-hybridized carbons (Fsp3) is 0.310. The Morgan fingerprint density at radius 1 is 0.842 bits per heavy atom. The van der Waals surface area contributed by atoms with Crippen molar-refractivity contribution in [1.29, 1.82) is 0 Å². The van der Waals surface area contributed by atoms with Crippen LogP contribution in [0.25, 0.3) is 0 Å². The predicted octanol–water partition coefficient (Wildman–Crippen LogP) is 7.95. The number of benzene rings is 3. The fourth-order valence-corrected chi connectivity index (χ4v) is 5.49. The van der Waals surface area contributed by atoms with Crippen LogP contribution in [0.15, 0.2) is 66.7 Å². The van der Waals surface area contributed by atoms with E-state index in [4.69, 9.17) is 46.4 Å². The molecule has 0 radical (unpaired) electrons. The third-order valence-corrected chi connectivity index (χ3v) is 8.26. The zero-order valence-corrected chi connectivity index (χ0v) is 25.1. The molecule has 4 nitrogen and oxygen atoms in total. The zero-order valence-electron chi connectivity index (χ0n) is 21.2. The minimum absolute atomic E-state index is 0.108. The maximum atomic E-state index is 13.7. The van der Waals surface area contributed by atoms with Crippen LogP contribution < -0.4 is 5.32 Å². The van der Waals surface area contributed by atoms with Crippen LogP contribution in [0.3, 0.4) is 0 Å². The maximum absolute atomic E-state index is 13.7. The summed E-state index contributed by atoms with van der Waals surface area (Å²) in [7, 11) is 0. The van der Waals surface area contributed by atoms with Gasteiger partial charge >= 0.3 is 0 Å². The topological polar surface area (TPSA) is 49.4 Å². The van der Waals surface area contributed by atoms with Gasteiger partial charge in [-0.3, -0.25) is 9.59 Å². The maximum Gasteiger partial charge on any atom is 0.243 e. The van der Waals surface area contributed by atoms with Crippen molar-refractivity contribution in [3.63, 3.8) is 0 Å². The molecule has 2 amide bonds. The molecule has 0 aromatic heterocycles. The number of halogens is 4. The van der Waals surface area contributed by atoms with E-state index in [9.17, 15) is 9.59 Å². The summed E-state index contributed by atoms with van der Waals surface area (Å²) in [4.78, 5) is 28.9. The molecule has 3 rings (SSSR count). The smallest absolute Gasteiger partial charge is 0.243 e. The lowest BCUT2D eigenvalue weighted by molar-refractivity contribution is -0.139. The van der Waals surface area contributed by atoms with E-state index in [-0.39, 0.29) is 30.0 Å². The Bertz CT molecular complexity index is 1220. The van der Waals surface area contributed by atoms with Gasteiger partial charge in [0.25, 0.3) is 0 Å². The van der Waals surface area contributed by atoms with Gasteiger partial charge in [0.1, 0.15) is 6.04 Å². The Labute approximate surface area is 249 Å². The van der Waals surface area contributed by atoms with Crippen LogP contribution in [0.4, 0.5) is 0 Å². The molecular weight excluding hydrogens is 582 g/mol. The molecule has 0 bridgehead atoms. The van der Waals surface area contributed by atoms with Gasteiger partial charge in [-0.25, -0.2) is 0 Å². The van der Waals surface area contributed by atoms with E-state index in [0.717, 1.165) is 11.1 Å². The lowest BCUT2D eigenvalue weighted by Crippen LogP contribution is -2.51. The first-order chi connectivity index (χ1) is 18.2. The summed E-state index contributed by atoms with van der Waals surface area (Å²) < 4.78 is 0. The number of thioether (sulfide) groups is 1. The molecule has 0 saturated heterocycles. The third kappa shape index (κ3) is 9.10. The number of carbonyl (C=O) groups is 2. The summed E-state index contributed by atoms with van der Waals surface area (Å²) in [5.74, 6) is 0.581. The molecule has 0 fully saturated rings. The molecule has 0 spiro atoms. The molecule has 0 aliphatic carbocycles. The Hall–Kier alpha value is -1.89. The molecule has 0 heterocycles. The highest BCUT2D eigenvalue weighted by atomic mass is 35.5. The van der Waals surface area contributed by atoms with Gasteiger partial charge in [-0.15, -0.1) is 11.8 Å². The highest BCUT2D eigenvalue weighted by Gasteiger charge is 2.31. The summed E-state index contributed by atoms with van der Waals surface area (Å²) in [6, 6.07) is 19.5. The van der Waals surface area contributed by atoms with E-state index >= 15 is 0 Å². The van der Waals surface area contributed by atoms with Gasteiger partial charge in [0.2, 0.25) is 11.8 Å². The first-order valence-electron chi connectivity index (χ1n) is 12.2. The van der Waals surface area contributed by atoms with Crippen molar-refractivity contribution in [2.75, 3.05) is 12.3 Å². The third-order valence-electron chi connectivity index (χ3n) is 5.82. The summed E-state index contributed by atoms with van der Waals surface area (Å²) >= 11 is 26.6. The van der Waals surface area contributed by atoms with Crippen LogP contribution in [0, 0.1) is 5.92 Å². The summed E-state index contributed by atoms with van der Waals surface area (Å²) in [5.41, 5.74) is 2.51. The Kier molecular flexibility index (Phi) is 12.1. The molecule has 1 atom stereocenters. The van der Waals surface area contributed by atoms with Crippen LogP contribution in [0.2, 0.25) is 20.1 Å². The van der Waals surface area contributed by atoms with Crippen LogP contribution in [-0.2, 0) is 28.3 Å². The second kappa shape index (κ2) is 15.0. The molecule has 3 aromatic rings. The van der Waals surface area contributed by atoms with Crippen molar-refractivity contribution in [2.45, 2.75) is 38.6 Å². The molecule has 1 N–H and O–H groups in total. The lowest BCUT2D eigenvalue weighted by Gasteiger charge is -2.32. The van der Waals surface area contributed by atoms with Crippen molar-refractivity contribution < 1.29 is 9.59 Å². The van der Waals surface area contributed by atoms with E-state index in [2.05, 4.69) is 5.32 Å². The molecule has 0 aliphatic rings.